The van der Waals surface area contributed by atoms with Gasteiger partial charge >= 0.3 is 0 Å². The number of benzene rings is 2. The van der Waals surface area contributed by atoms with E-state index in [-0.39, 0.29) is 11.9 Å². The van der Waals surface area contributed by atoms with E-state index in [0.29, 0.717) is 19.1 Å². The van der Waals surface area contributed by atoms with Gasteiger partial charge in [-0.3, -0.25) is 4.79 Å². The first-order valence-corrected chi connectivity index (χ1v) is 10.1. The first-order chi connectivity index (χ1) is 13.6. The molecule has 2 aromatic carbocycles. The Labute approximate surface area is 166 Å². The van der Waals surface area contributed by atoms with Crippen LogP contribution in [0, 0.1) is 0 Å². The Balaban J connectivity index is 1.37. The van der Waals surface area contributed by atoms with E-state index in [1.165, 1.54) is 11.3 Å². The van der Waals surface area contributed by atoms with Gasteiger partial charge in [-0.05, 0) is 48.9 Å². The highest BCUT2D eigenvalue weighted by molar-refractivity contribution is 5.73. The quantitative estimate of drug-likeness (QED) is 0.870. The molecule has 1 saturated heterocycles. The molecule has 2 aliphatic rings. The summed E-state index contributed by atoms with van der Waals surface area (Å²) in [6.07, 6.45) is 2.27. The maximum absolute atomic E-state index is 11.2. The summed E-state index contributed by atoms with van der Waals surface area (Å²) < 4.78 is 11.3. The van der Waals surface area contributed by atoms with Crippen LogP contribution in [0.5, 0.6) is 11.5 Å². The minimum absolute atomic E-state index is 0.00286. The van der Waals surface area contributed by atoms with Crippen LogP contribution in [0.25, 0.3) is 0 Å². The molecule has 2 aromatic rings. The Hall–Kier alpha value is -2.69. The van der Waals surface area contributed by atoms with Crippen LogP contribution < -0.4 is 19.7 Å². The topological polar surface area (TPSA) is 50.8 Å². The van der Waals surface area contributed by atoms with Crippen LogP contribution in [-0.4, -0.2) is 32.2 Å². The number of nitrogens with zero attached hydrogens (tertiary/aromatic N) is 1. The molecule has 0 aliphatic carbocycles. The summed E-state index contributed by atoms with van der Waals surface area (Å²) >= 11 is 0. The number of hydrogen-bond donors (Lipinski definition) is 1. The van der Waals surface area contributed by atoms with Gasteiger partial charge in [0.25, 0.3) is 0 Å². The Morgan fingerprint density at radius 3 is 2.39 bits per heavy atom. The molecule has 1 N–H and O–H groups in total. The molecule has 0 spiro atoms. The van der Waals surface area contributed by atoms with Crippen molar-refractivity contribution in [3.63, 3.8) is 0 Å². The van der Waals surface area contributed by atoms with E-state index in [1.807, 2.05) is 13.0 Å². The Morgan fingerprint density at radius 2 is 1.71 bits per heavy atom. The van der Waals surface area contributed by atoms with E-state index in [1.54, 1.807) is 6.92 Å². The Morgan fingerprint density at radius 1 is 1.04 bits per heavy atom. The van der Waals surface area contributed by atoms with Gasteiger partial charge in [-0.25, -0.2) is 0 Å². The molecular weight excluding hydrogens is 352 g/mol. The lowest BCUT2D eigenvalue weighted by Crippen LogP contribution is -2.33. The van der Waals surface area contributed by atoms with Crippen molar-refractivity contribution in [2.24, 2.45) is 0 Å². The smallest absolute Gasteiger partial charge is 0.217 e. The Bertz CT molecular complexity index is 826. The van der Waals surface area contributed by atoms with Crippen molar-refractivity contribution in [1.29, 1.82) is 0 Å². The number of fused-ring (bicyclic) bond motifs is 1. The summed E-state index contributed by atoms with van der Waals surface area (Å²) in [5, 5.41) is 2.94. The maximum Gasteiger partial charge on any atom is 0.217 e. The van der Waals surface area contributed by atoms with Gasteiger partial charge in [-0.15, -0.1) is 0 Å². The molecule has 0 saturated carbocycles. The van der Waals surface area contributed by atoms with Gasteiger partial charge in [0.1, 0.15) is 13.2 Å². The highest BCUT2D eigenvalue weighted by Crippen LogP contribution is 2.36. The monoisotopic (exact) mass is 380 g/mol. The number of carbonyl (C=O) groups excluding carboxylic acids is 1. The molecule has 0 bridgehead atoms. The standard InChI is InChI=1S/C23H28N2O3/c1-16(24-17(2)26)18-3-5-19(6-4-18)20-9-11-25(12-10-20)21-7-8-22-23(15-21)28-14-13-27-22/h3-8,15-16,20H,9-14H2,1-2H3,(H,24,26). The van der Waals surface area contributed by atoms with E-state index in [2.05, 4.69) is 46.6 Å². The van der Waals surface area contributed by atoms with E-state index in [4.69, 9.17) is 9.47 Å². The van der Waals surface area contributed by atoms with Gasteiger partial charge in [0, 0.05) is 31.8 Å². The third-order valence-corrected chi connectivity index (χ3v) is 5.71. The van der Waals surface area contributed by atoms with Crippen LogP contribution in [0.1, 0.15) is 49.8 Å². The van der Waals surface area contributed by atoms with Crippen molar-refractivity contribution in [1.82, 2.24) is 5.32 Å². The molecule has 5 heteroatoms. The maximum atomic E-state index is 11.2. The van der Waals surface area contributed by atoms with Gasteiger partial charge in [0.05, 0.1) is 6.04 Å². The molecular formula is C23H28N2O3. The molecule has 1 fully saturated rings. The zero-order valence-electron chi connectivity index (χ0n) is 16.6. The number of anilines is 1. The zero-order valence-corrected chi connectivity index (χ0v) is 16.6. The normalized spacial score (nSPS) is 17.9. The van der Waals surface area contributed by atoms with Gasteiger partial charge in [0.15, 0.2) is 11.5 Å². The molecule has 2 heterocycles. The molecule has 1 atom stereocenters. The first-order valence-electron chi connectivity index (χ1n) is 10.1. The van der Waals surface area contributed by atoms with Crippen LogP contribution in [0.3, 0.4) is 0 Å². The van der Waals surface area contributed by atoms with Crippen molar-refractivity contribution >= 4 is 11.6 Å². The van der Waals surface area contributed by atoms with Crippen LogP contribution >= 0.6 is 0 Å². The fourth-order valence-electron chi connectivity index (χ4n) is 4.14. The summed E-state index contributed by atoms with van der Waals surface area (Å²) in [4.78, 5) is 13.7. The minimum Gasteiger partial charge on any atom is -0.486 e. The van der Waals surface area contributed by atoms with E-state index in [0.717, 1.165) is 43.0 Å². The van der Waals surface area contributed by atoms with Gasteiger partial charge in [0.2, 0.25) is 5.91 Å². The predicted octanol–water partition coefficient (Wildman–Crippen LogP) is 4.04. The van der Waals surface area contributed by atoms with E-state index >= 15 is 0 Å². The number of ether oxygens (including phenoxy) is 2. The lowest BCUT2D eigenvalue weighted by atomic mass is 9.88. The molecule has 2 aliphatic heterocycles. The number of hydrogen-bond acceptors (Lipinski definition) is 4. The van der Waals surface area contributed by atoms with Crippen LogP contribution in [-0.2, 0) is 4.79 Å². The highest BCUT2D eigenvalue weighted by Gasteiger charge is 2.22. The molecule has 0 aromatic heterocycles. The summed E-state index contributed by atoms with van der Waals surface area (Å²) in [5.41, 5.74) is 3.75. The average molecular weight is 380 g/mol. The summed E-state index contributed by atoms with van der Waals surface area (Å²) in [6.45, 7) is 6.89. The fraction of sp³-hybridized carbons (Fsp3) is 0.435. The SMILES string of the molecule is CC(=O)NC(C)c1ccc(C2CCN(c3ccc4c(c3)OCCO4)CC2)cc1. The van der Waals surface area contributed by atoms with Crippen LogP contribution in [0.15, 0.2) is 42.5 Å². The molecule has 1 amide bonds. The second-order valence-electron chi connectivity index (χ2n) is 7.68. The second kappa shape index (κ2) is 8.13. The van der Waals surface area contributed by atoms with Crippen molar-refractivity contribution in [3.05, 3.63) is 53.6 Å². The van der Waals surface area contributed by atoms with Crippen molar-refractivity contribution in [2.45, 2.75) is 38.6 Å². The molecule has 1 unspecified atom stereocenters. The number of nitrogens with one attached hydrogen (secondary N) is 1. The lowest BCUT2D eigenvalue weighted by Gasteiger charge is -2.34. The zero-order chi connectivity index (χ0) is 19.5. The molecule has 0 radical (unpaired) electrons. The summed E-state index contributed by atoms with van der Waals surface area (Å²) in [5.74, 6) is 2.29. The Kier molecular flexibility index (Phi) is 5.42. The second-order valence-corrected chi connectivity index (χ2v) is 7.68. The molecule has 148 valence electrons. The minimum atomic E-state index is 0.00286. The summed E-state index contributed by atoms with van der Waals surface area (Å²) in [6, 6.07) is 15.0. The molecule has 5 nitrogen and oxygen atoms in total. The van der Waals surface area contributed by atoms with E-state index in [9.17, 15) is 4.79 Å². The van der Waals surface area contributed by atoms with E-state index < -0.39 is 0 Å². The summed E-state index contributed by atoms with van der Waals surface area (Å²) in [7, 11) is 0. The van der Waals surface area contributed by atoms with Crippen molar-refractivity contribution in [3.8, 4) is 11.5 Å². The largest absolute Gasteiger partial charge is 0.486 e. The number of carbonyl (C=O) groups is 1. The third kappa shape index (κ3) is 4.08. The first kappa shape index (κ1) is 18.7. The van der Waals surface area contributed by atoms with Crippen molar-refractivity contribution in [2.75, 3.05) is 31.2 Å². The lowest BCUT2D eigenvalue weighted by molar-refractivity contribution is -0.119. The highest BCUT2D eigenvalue weighted by atomic mass is 16.6. The number of amides is 1. The fourth-order valence-corrected chi connectivity index (χ4v) is 4.14. The molecule has 4 rings (SSSR count). The average Bonchev–Trinajstić information content (AvgIpc) is 2.73. The van der Waals surface area contributed by atoms with Crippen molar-refractivity contribution < 1.29 is 14.3 Å². The van der Waals surface area contributed by atoms with Crippen LogP contribution in [0.4, 0.5) is 5.69 Å². The third-order valence-electron chi connectivity index (χ3n) is 5.71. The van der Waals surface area contributed by atoms with Gasteiger partial charge < -0.3 is 19.7 Å². The predicted molar refractivity (Wildman–Crippen MR) is 110 cm³/mol. The van der Waals surface area contributed by atoms with Crippen LogP contribution in [0.2, 0.25) is 0 Å². The number of rotatable bonds is 4. The number of piperidine rings is 1. The van der Waals surface area contributed by atoms with Gasteiger partial charge in [-0.2, -0.15) is 0 Å². The van der Waals surface area contributed by atoms with Gasteiger partial charge in [-0.1, -0.05) is 24.3 Å². The molecule has 28 heavy (non-hydrogen) atoms.